The van der Waals surface area contributed by atoms with Gasteiger partial charge in [0, 0.05) is 36.0 Å². The maximum Gasteiger partial charge on any atom is 0.254 e. The molecule has 3 rings (SSSR count). The summed E-state index contributed by atoms with van der Waals surface area (Å²) < 4.78 is 0. The van der Waals surface area contributed by atoms with E-state index in [4.69, 9.17) is 23.2 Å². The van der Waals surface area contributed by atoms with Crippen molar-refractivity contribution in [3.63, 3.8) is 0 Å². The fourth-order valence-electron chi connectivity index (χ4n) is 3.39. The van der Waals surface area contributed by atoms with Crippen molar-refractivity contribution >= 4 is 46.8 Å². The third kappa shape index (κ3) is 3.39. The number of benzene rings is 1. The Bertz CT molecular complexity index is 628. The third-order valence-electron chi connectivity index (χ3n) is 4.71. The summed E-state index contributed by atoms with van der Waals surface area (Å²) in [5.41, 5.74) is 0.661. The van der Waals surface area contributed by atoms with Crippen LogP contribution in [0.15, 0.2) is 24.3 Å². The van der Waals surface area contributed by atoms with Gasteiger partial charge in [0.25, 0.3) is 5.91 Å². The van der Waals surface area contributed by atoms with Crippen molar-refractivity contribution in [2.75, 3.05) is 25.4 Å². The van der Waals surface area contributed by atoms with E-state index in [1.165, 1.54) is 0 Å². The van der Waals surface area contributed by atoms with Crippen LogP contribution in [-0.2, 0) is 4.79 Å². The van der Waals surface area contributed by atoms with Gasteiger partial charge in [-0.25, -0.2) is 0 Å². The largest absolute Gasteiger partial charge is 0.341 e. The Hall–Kier alpha value is -0.910. The molecule has 2 amide bonds. The van der Waals surface area contributed by atoms with Gasteiger partial charge in [0.15, 0.2) is 0 Å². The molecule has 1 atom stereocenters. The van der Waals surface area contributed by atoms with E-state index in [1.807, 2.05) is 21.6 Å². The summed E-state index contributed by atoms with van der Waals surface area (Å²) in [4.78, 5) is 28.6. The van der Waals surface area contributed by atoms with Gasteiger partial charge in [-0.15, -0.1) is 23.4 Å². The molecule has 2 heterocycles. The second kappa shape index (κ2) is 7.14. The van der Waals surface area contributed by atoms with E-state index >= 15 is 0 Å². The lowest BCUT2D eigenvalue weighted by atomic mass is 10.0. The minimum atomic E-state index is -0.498. The molecular formula is C17H20Cl2N2O2S. The number of halogens is 2. The second-order valence-electron chi connectivity index (χ2n) is 6.20. The molecule has 2 fully saturated rings. The van der Waals surface area contributed by atoms with Crippen LogP contribution in [0.3, 0.4) is 0 Å². The zero-order chi connectivity index (χ0) is 17.3. The number of carbonyl (C=O) groups is 2. The summed E-state index contributed by atoms with van der Waals surface area (Å²) in [6, 6.07) is 7.03. The Morgan fingerprint density at radius 2 is 1.79 bits per heavy atom. The fourth-order valence-corrected chi connectivity index (χ4v) is 5.10. The van der Waals surface area contributed by atoms with E-state index in [9.17, 15) is 9.59 Å². The van der Waals surface area contributed by atoms with Crippen LogP contribution in [0, 0.1) is 0 Å². The predicted molar refractivity (Wildman–Crippen MR) is 98.8 cm³/mol. The van der Waals surface area contributed by atoms with Gasteiger partial charge in [-0.1, -0.05) is 11.6 Å². The van der Waals surface area contributed by atoms with Crippen molar-refractivity contribution in [1.29, 1.82) is 0 Å². The van der Waals surface area contributed by atoms with Crippen LogP contribution in [0.1, 0.15) is 30.1 Å². The van der Waals surface area contributed by atoms with Crippen molar-refractivity contribution in [3.8, 4) is 0 Å². The first-order chi connectivity index (χ1) is 11.4. The van der Waals surface area contributed by atoms with E-state index in [0.717, 1.165) is 25.1 Å². The maximum absolute atomic E-state index is 12.9. The number of likely N-dealkylation sites (tertiary alicyclic amines) is 1. The first kappa shape index (κ1) is 17.9. The van der Waals surface area contributed by atoms with Crippen LogP contribution >= 0.6 is 35.0 Å². The van der Waals surface area contributed by atoms with Gasteiger partial charge in [-0.2, -0.15) is 0 Å². The molecule has 0 aliphatic carbocycles. The van der Waals surface area contributed by atoms with Crippen molar-refractivity contribution in [2.24, 2.45) is 0 Å². The normalized spacial score (nSPS) is 21.1. The lowest BCUT2D eigenvalue weighted by molar-refractivity contribution is -0.132. The van der Waals surface area contributed by atoms with E-state index in [0.29, 0.717) is 23.7 Å². The van der Waals surface area contributed by atoms with Gasteiger partial charge in [0.05, 0.1) is 4.87 Å². The SMILES string of the molecule is CC(Cl)C(=O)N1CCC2(CC1)SCCN2C(=O)c1ccc(Cl)cc1. The van der Waals surface area contributed by atoms with Gasteiger partial charge in [0.2, 0.25) is 5.91 Å². The summed E-state index contributed by atoms with van der Waals surface area (Å²) in [5.74, 6) is 0.950. The van der Waals surface area contributed by atoms with Crippen LogP contribution < -0.4 is 0 Å². The van der Waals surface area contributed by atoms with Crippen LogP contribution in [0.5, 0.6) is 0 Å². The molecule has 0 aromatic heterocycles. The molecule has 4 nitrogen and oxygen atoms in total. The first-order valence-corrected chi connectivity index (χ1v) is 9.87. The third-order valence-corrected chi connectivity index (χ3v) is 6.70. The highest BCUT2D eigenvalue weighted by Gasteiger charge is 2.47. The lowest BCUT2D eigenvalue weighted by Crippen LogP contribution is -2.54. The Balaban J connectivity index is 1.73. The van der Waals surface area contributed by atoms with Gasteiger partial charge in [0.1, 0.15) is 5.38 Å². The number of rotatable bonds is 2. The first-order valence-electron chi connectivity index (χ1n) is 8.07. The molecule has 7 heteroatoms. The summed E-state index contributed by atoms with van der Waals surface area (Å²) in [7, 11) is 0. The van der Waals surface area contributed by atoms with Crippen LogP contribution in [0.4, 0.5) is 0 Å². The standard InChI is InChI=1S/C17H20Cl2N2O2S/c1-12(18)15(22)20-8-6-17(7-9-20)21(10-11-24-17)16(23)13-2-4-14(19)5-3-13/h2-5,12H,6-11H2,1H3. The molecule has 1 aromatic rings. The molecule has 2 aliphatic heterocycles. The number of nitrogens with zero attached hydrogens (tertiary/aromatic N) is 2. The highest BCUT2D eigenvalue weighted by Crippen LogP contribution is 2.44. The summed E-state index contributed by atoms with van der Waals surface area (Å²) >= 11 is 13.7. The quantitative estimate of drug-likeness (QED) is 0.730. The van der Waals surface area contributed by atoms with E-state index in [-0.39, 0.29) is 16.7 Å². The number of carbonyl (C=O) groups excluding carboxylic acids is 2. The maximum atomic E-state index is 12.9. The van der Waals surface area contributed by atoms with Crippen molar-refractivity contribution in [1.82, 2.24) is 9.80 Å². The molecule has 1 aromatic carbocycles. The topological polar surface area (TPSA) is 40.6 Å². The molecule has 0 N–H and O–H groups in total. The van der Waals surface area contributed by atoms with E-state index in [1.54, 1.807) is 31.2 Å². The van der Waals surface area contributed by atoms with Gasteiger partial charge >= 0.3 is 0 Å². The monoisotopic (exact) mass is 386 g/mol. The molecule has 130 valence electrons. The fraction of sp³-hybridized carbons (Fsp3) is 0.529. The number of piperidine rings is 1. The highest BCUT2D eigenvalue weighted by molar-refractivity contribution is 8.00. The Kier molecular flexibility index (Phi) is 5.33. The van der Waals surface area contributed by atoms with Crippen molar-refractivity contribution < 1.29 is 9.59 Å². The Morgan fingerprint density at radius 3 is 2.38 bits per heavy atom. The molecule has 0 radical (unpaired) electrons. The minimum Gasteiger partial charge on any atom is -0.341 e. The van der Waals surface area contributed by atoms with Crippen molar-refractivity contribution in [2.45, 2.75) is 30.0 Å². The highest BCUT2D eigenvalue weighted by atomic mass is 35.5. The lowest BCUT2D eigenvalue weighted by Gasteiger charge is -2.44. The molecule has 24 heavy (non-hydrogen) atoms. The summed E-state index contributed by atoms with van der Waals surface area (Å²) in [6.45, 7) is 3.74. The van der Waals surface area contributed by atoms with E-state index < -0.39 is 5.38 Å². The van der Waals surface area contributed by atoms with Gasteiger partial charge < -0.3 is 9.80 Å². The number of hydrogen-bond donors (Lipinski definition) is 0. The second-order valence-corrected chi connectivity index (χ2v) is 8.75. The average Bonchev–Trinajstić information content (AvgIpc) is 2.98. The number of hydrogen-bond acceptors (Lipinski definition) is 3. The van der Waals surface area contributed by atoms with Crippen LogP contribution in [0.25, 0.3) is 0 Å². The molecular weight excluding hydrogens is 367 g/mol. The summed E-state index contributed by atoms with van der Waals surface area (Å²) in [6.07, 6.45) is 1.57. The Morgan fingerprint density at radius 1 is 1.17 bits per heavy atom. The number of amides is 2. The molecule has 0 bridgehead atoms. The molecule has 1 spiro atoms. The molecule has 2 saturated heterocycles. The smallest absolute Gasteiger partial charge is 0.254 e. The van der Waals surface area contributed by atoms with Gasteiger partial charge in [-0.05, 0) is 44.0 Å². The average molecular weight is 387 g/mol. The molecule has 2 aliphatic rings. The van der Waals surface area contributed by atoms with Crippen molar-refractivity contribution in [3.05, 3.63) is 34.9 Å². The Labute approximate surface area is 156 Å². The number of alkyl halides is 1. The zero-order valence-electron chi connectivity index (χ0n) is 13.5. The molecule has 1 unspecified atom stereocenters. The predicted octanol–water partition coefficient (Wildman–Crippen LogP) is 3.48. The van der Waals surface area contributed by atoms with Gasteiger partial charge in [-0.3, -0.25) is 9.59 Å². The number of thioether (sulfide) groups is 1. The van der Waals surface area contributed by atoms with Crippen LogP contribution in [-0.4, -0.2) is 57.2 Å². The minimum absolute atomic E-state index is 0.0231. The van der Waals surface area contributed by atoms with E-state index in [2.05, 4.69) is 0 Å². The zero-order valence-corrected chi connectivity index (χ0v) is 15.8. The molecule has 0 saturated carbocycles. The van der Waals surface area contributed by atoms with Crippen LogP contribution in [0.2, 0.25) is 5.02 Å². The summed E-state index contributed by atoms with van der Waals surface area (Å²) in [5, 5.41) is 0.126.